The Labute approximate surface area is 173 Å². The van der Waals surface area contributed by atoms with Gasteiger partial charge in [-0.3, -0.25) is 4.79 Å². The third-order valence-electron chi connectivity index (χ3n) is 4.83. The molecule has 0 atom stereocenters. The number of rotatable bonds is 7. The van der Waals surface area contributed by atoms with Crippen molar-refractivity contribution in [3.05, 3.63) is 23.2 Å². The van der Waals surface area contributed by atoms with E-state index in [9.17, 15) is 9.59 Å². The molecular weight excluding hydrogens is 392 g/mol. The summed E-state index contributed by atoms with van der Waals surface area (Å²) in [5.41, 5.74) is 0.766. The van der Waals surface area contributed by atoms with Crippen molar-refractivity contribution < 1.29 is 19.1 Å². The number of hydrogen-bond donors (Lipinski definition) is 2. The predicted octanol–water partition coefficient (Wildman–Crippen LogP) is 2.86. The minimum Gasteiger partial charge on any atom is -0.473 e. The van der Waals surface area contributed by atoms with Gasteiger partial charge in [0.15, 0.2) is 4.88 Å². The Morgan fingerprint density at radius 1 is 1.28 bits per heavy atom. The molecule has 1 saturated carbocycles. The zero-order valence-corrected chi connectivity index (χ0v) is 17.1. The lowest BCUT2D eigenvalue weighted by atomic mass is 10.1. The summed E-state index contributed by atoms with van der Waals surface area (Å²) in [5, 5.41) is 6.76. The fourth-order valence-corrected chi connectivity index (χ4v) is 4.00. The molecule has 2 fully saturated rings. The summed E-state index contributed by atoms with van der Waals surface area (Å²) in [6.07, 6.45) is 5.22. The van der Waals surface area contributed by atoms with Crippen molar-refractivity contribution in [3.8, 4) is 16.5 Å². The Balaban J connectivity index is 1.58. The highest BCUT2D eigenvalue weighted by Crippen LogP contribution is 2.35. The number of carbonyl (C=O) groups is 2. The first-order valence-corrected chi connectivity index (χ1v) is 10.8. The Kier molecular flexibility index (Phi) is 6.05. The molecule has 0 spiro atoms. The van der Waals surface area contributed by atoms with E-state index in [1.165, 1.54) is 11.3 Å². The van der Waals surface area contributed by atoms with Crippen LogP contribution in [0.1, 0.15) is 42.3 Å². The molecule has 9 heteroatoms. The van der Waals surface area contributed by atoms with Gasteiger partial charge in [-0.1, -0.05) is 0 Å². The molecule has 3 heterocycles. The molecule has 1 aliphatic carbocycles. The molecule has 154 valence electrons. The number of thiazole rings is 1. The van der Waals surface area contributed by atoms with Gasteiger partial charge in [0.05, 0.1) is 6.61 Å². The van der Waals surface area contributed by atoms with E-state index in [4.69, 9.17) is 9.47 Å². The molecule has 2 aliphatic rings. The summed E-state index contributed by atoms with van der Waals surface area (Å²) >= 11 is 1.23. The molecule has 1 amide bonds. The smallest absolute Gasteiger partial charge is 0.354 e. The van der Waals surface area contributed by atoms with Gasteiger partial charge in [0.25, 0.3) is 0 Å². The number of anilines is 1. The third kappa shape index (κ3) is 4.91. The van der Waals surface area contributed by atoms with Gasteiger partial charge < -0.3 is 20.1 Å². The highest BCUT2D eigenvalue weighted by Gasteiger charge is 2.30. The van der Waals surface area contributed by atoms with Crippen LogP contribution in [0.5, 0.6) is 5.88 Å². The van der Waals surface area contributed by atoms with E-state index in [1.807, 2.05) is 0 Å². The van der Waals surface area contributed by atoms with Crippen LogP contribution < -0.4 is 15.4 Å². The summed E-state index contributed by atoms with van der Waals surface area (Å²) in [6, 6.07) is 3.57. The summed E-state index contributed by atoms with van der Waals surface area (Å²) in [7, 11) is 0. The lowest BCUT2D eigenvalue weighted by Gasteiger charge is -2.22. The predicted molar refractivity (Wildman–Crippen MR) is 109 cm³/mol. The fraction of sp³-hybridized carbons (Fsp3) is 0.500. The number of hydrogen-bond acceptors (Lipinski definition) is 8. The van der Waals surface area contributed by atoms with Crippen molar-refractivity contribution in [3.63, 3.8) is 0 Å². The van der Waals surface area contributed by atoms with E-state index in [0.29, 0.717) is 21.6 Å². The molecule has 0 bridgehead atoms. The topological polar surface area (TPSA) is 102 Å². The van der Waals surface area contributed by atoms with E-state index in [1.54, 1.807) is 25.3 Å². The Morgan fingerprint density at radius 3 is 2.79 bits per heavy atom. The first-order valence-electron chi connectivity index (χ1n) is 9.96. The van der Waals surface area contributed by atoms with Gasteiger partial charge in [-0.2, -0.15) is 0 Å². The van der Waals surface area contributed by atoms with Crippen LogP contribution in [-0.4, -0.2) is 47.6 Å². The van der Waals surface area contributed by atoms with Gasteiger partial charge in [-0.05, 0) is 57.8 Å². The number of pyridine rings is 1. The Morgan fingerprint density at radius 2 is 2.07 bits per heavy atom. The van der Waals surface area contributed by atoms with E-state index in [0.717, 1.165) is 44.3 Å². The summed E-state index contributed by atoms with van der Waals surface area (Å²) in [6.45, 7) is 3.81. The maximum Gasteiger partial charge on any atom is 0.354 e. The maximum absolute atomic E-state index is 12.4. The van der Waals surface area contributed by atoms with Gasteiger partial charge in [0.1, 0.15) is 16.9 Å². The molecule has 0 radical (unpaired) electrons. The zero-order chi connectivity index (χ0) is 20.2. The summed E-state index contributed by atoms with van der Waals surface area (Å²) in [5.74, 6) is 0.456. The van der Waals surface area contributed by atoms with E-state index in [-0.39, 0.29) is 24.5 Å². The maximum atomic E-state index is 12.4. The molecule has 2 aromatic rings. The second-order valence-corrected chi connectivity index (χ2v) is 8.13. The van der Waals surface area contributed by atoms with Crippen molar-refractivity contribution in [2.45, 2.75) is 38.7 Å². The zero-order valence-electron chi connectivity index (χ0n) is 16.3. The van der Waals surface area contributed by atoms with Gasteiger partial charge >= 0.3 is 5.97 Å². The monoisotopic (exact) mass is 416 g/mol. The van der Waals surface area contributed by atoms with Crippen LogP contribution in [0.3, 0.4) is 0 Å². The van der Waals surface area contributed by atoms with Crippen molar-refractivity contribution in [1.29, 1.82) is 0 Å². The number of ether oxygens (including phenoxy) is 2. The highest BCUT2D eigenvalue weighted by molar-refractivity contribution is 7.17. The van der Waals surface area contributed by atoms with Crippen LogP contribution in [-0.2, 0) is 9.53 Å². The lowest BCUT2D eigenvalue weighted by molar-refractivity contribution is -0.117. The molecule has 4 rings (SSSR count). The van der Waals surface area contributed by atoms with Gasteiger partial charge in [-0.15, -0.1) is 11.3 Å². The average Bonchev–Trinajstić information content (AvgIpc) is 3.50. The van der Waals surface area contributed by atoms with Crippen molar-refractivity contribution in [2.75, 3.05) is 25.0 Å². The van der Waals surface area contributed by atoms with E-state index in [2.05, 4.69) is 20.6 Å². The number of esters is 1. The van der Waals surface area contributed by atoms with Crippen LogP contribution in [0.25, 0.3) is 10.6 Å². The lowest BCUT2D eigenvalue weighted by Crippen LogP contribution is -2.34. The van der Waals surface area contributed by atoms with Crippen molar-refractivity contribution in [1.82, 2.24) is 15.3 Å². The van der Waals surface area contributed by atoms with Crippen LogP contribution >= 0.6 is 11.3 Å². The Bertz CT molecular complexity index is 890. The fourth-order valence-electron chi connectivity index (χ4n) is 3.11. The van der Waals surface area contributed by atoms with Crippen LogP contribution in [0.2, 0.25) is 0 Å². The van der Waals surface area contributed by atoms with E-state index >= 15 is 0 Å². The minimum atomic E-state index is -0.434. The third-order valence-corrected chi connectivity index (χ3v) is 5.89. The van der Waals surface area contributed by atoms with Gasteiger partial charge in [0, 0.05) is 17.7 Å². The second kappa shape index (κ2) is 8.87. The van der Waals surface area contributed by atoms with Crippen molar-refractivity contribution >= 4 is 29.0 Å². The minimum absolute atomic E-state index is 0.00377. The first-order chi connectivity index (χ1) is 14.1. The number of piperidine rings is 1. The first kappa shape index (κ1) is 19.8. The molecule has 1 aliphatic heterocycles. The number of nitrogens with zero attached hydrogens (tertiary/aromatic N) is 2. The number of carbonyl (C=O) groups excluding carboxylic acids is 2. The molecule has 0 aromatic carbocycles. The number of amides is 1. The quantitative estimate of drug-likeness (QED) is 0.669. The molecule has 29 heavy (non-hydrogen) atoms. The standard InChI is InChI=1S/C20H24N4O4S/c1-2-27-20(26)16-18(28-14-6-8-21-9-7-14)24-19(29-16)13-5-10-22-15(11-13)23-17(25)12-3-4-12/h5,10-12,14,21H,2-4,6-9H2,1H3,(H,22,23,25). The number of aromatic nitrogens is 2. The summed E-state index contributed by atoms with van der Waals surface area (Å²) in [4.78, 5) is 33.6. The molecule has 2 N–H and O–H groups in total. The SMILES string of the molecule is CCOC(=O)c1sc(-c2ccnc(NC(=O)C3CC3)c2)nc1OC1CCNCC1. The molecule has 2 aromatic heterocycles. The van der Waals surface area contributed by atoms with Crippen LogP contribution in [0, 0.1) is 5.92 Å². The van der Waals surface area contributed by atoms with Gasteiger partial charge in [0.2, 0.25) is 11.8 Å². The van der Waals surface area contributed by atoms with Crippen molar-refractivity contribution in [2.24, 2.45) is 5.92 Å². The molecule has 8 nitrogen and oxygen atoms in total. The molecule has 1 saturated heterocycles. The van der Waals surface area contributed by atoms with Crippen LogP contribution in [0.4, 0.5) is 5.82 Å². The number of nitrogens with one attached hydrogen (secondary N) is 2. The van der Waals surface area contributed by atoms with E-state index < -0.39 is 5.97 Å². The summed E-state index contributed by atoms with van der Waals surface area (Å²) < 4.78 is 11.3. The van der Waals surface area contributed by atoms with Crippen LogP contribution in [0.15, 0.2) is 18.3 Å². The highest BCUT2D eigenvalue weighted by atomic mass is 32.1. The normalized spacial score (nSPS) is 17.0. The van der Waals surface area contributed by atoms with Gasteiger partial charge in [-0.25, -0.2) is 14.8 Å². The Hall–Kier alpha value is -2.52. The molecular formula is C20H24N4O4S. The second-order valence-electron chi connectivity index (χ2n) is 7.13. The average molecular weight is 417 g/mol. The molecule has 0 unspecified atom stereocenters. The largest absolute Gasteiger partial charge is 0.473 e.